The summed E-state index contributed by atoms with van der Waals surface area (Å²) < 4.78 is 0. The van der Waals surface area contributed by atoms with E-state index in [-0.39, 0.29) is 15.8 Å². The number of hydrogen-bond acceptors (Lipinski definition) is 2. The van der Waals surface area contributed by atoms with E-state index < -0.39 is 0 Å². The lowest BCUT2D eigenvalue weighted by molar-refractivity contribution is 0.777. The van der Waals surface area contributed by atoms with E-state index in [4.69, 9.17) is 9.97 Å². The molecule has 0 aliphatic carbocycles. The van der Waals surface area contributed by atoms with Crippen molar-refractivity contribution in [3.05, 3.63) is 24.3 Å². The molecule has 1 unspecified atom stereocenters. The molecular weight excluding hydrogens is 318 g/mol. The quantitative estimate of drug-likeness (QED) is 0.744. The van der Waals surface area contributed by atoms with Gasteiger partial charge in [0.05, 0.1) is 21.9 Å². The Hall–Kier alpha value is -0.580. The van der Waals surface area contributed by atoms with E-state index in [2.05, 4.69) is 45.0 Å². The summed E-state index contributed by atoms with van der Waals surface area (Å²) in [6.07, 6.45) is 6.86. The Balaban J connectivity index is 1.89. The van der Waals surface area contributed by atoms with E-state index in [0.717, 1.165) is 28.0 Å². The standard InChI is InChI=1S/C19H26N2P2/c1-13-7-6-12-22(13)18-19(23-14(2)10-11-15(23)3)21-17-9-5-4-8-16(17)20-18/h4-5,8-9,13-15H,6-7,10-12H2,1-3H3/t13-,14-,15-,22?/m1/s1. The molecule has 2 aliphatic rings. The monoisotopic (exact) mass is 344 g/mol. The molecule has 1 aromatic heterocycles. The zero-order valence-electron chi connectivity index (χ0n) is 14.4. The molecule has 4 rings (SSSR count). The van der Waals surface area contributed by atoms with Gasteiger partial charge in [0.2, 0.25) is 0 Å². The van der Waals surface area contributed by atoms with Crippen LogP contribution in [0.25, 0.3) is 11.0 Å². The van der Waals surface area contributed by atoms with E-state index in [1.165, 1.54) is 42.7 Å². The number of fused-ring (bicyclic) bond motifs is 1. The van der Waals surface area contributed by atoms with Crippen LogP contribution in [-0.4, -0.2) is 33.1 Å². The van der Waals surface area contributed by atoms with Crippen LogP contribution in [0.2, 0.25) is 0 Å². The first-order chi connectivity index (χ1) is 11.1. The molecule has 122 valence electrons. The first-order valence-electron chi connectivity index (χ1n) is 8.97. The minimum absolute atomic E-state index is 0.107. The maximum atomic E-state index is 5.22. The van der Waals surface area contributed by atoms with Crippen molar-refractivity contribution in [3.63, 3.8) is 0 Å². The number of para-hydroxylation sites is 2. The van der Waals surface area contributed by atoms with Gasteiger partial charge >= 0.3 is 0 Å². The molecule has 3 heterocycles. The highest BCUT2D eigenvalue weighted by Gasteiger charge is 2.37. The van der Waals surface area contributed by atoms with Gasteiger partial charge in [-0.15, -0.1) is 0 Å². The highest BCUT2D eigenvalue weighted by Crippen LogP contribution is 2.56. The second-order valence-electron chi connectivity index (χ2n) is 7.23. The SMILES string of the molecule is C[C@@H]1CCCP1c1nc2ccccc2nc1P1[C@H](C)CC[C@H]1C. The highest BCUT2D eigenvalue weighted by molar-refractivity contribution is 7.72. The van der Waals surface area contributed by atoms with Crippen molar-refractivity contribution >= 4 is 37.7 Å². The summed E-state index contributed by atoms with van der Waals surface area (Å²) in [5.41, 5.74) is 7.49. The lowest BCUT2D eigenvalue weighted by atomic mass is 10.2. The van der Waals surface area contributed by atoms with E-state index in [9.17, 15) is 0 Å². The average molecular weight is 344 g/mol. The molecule has 4 atom stereocenters. The third-order valence-electron chi connectivity index (χ3n) is 5.56. The van der Waals surface area contributed by atoms with Crippen molar-refractivity contribution in [1.29, 1.82) is 0 Å². The van der Waals surface area contributed by atoms with Crippen LogP contribution in [0.15, 0.2) is 24.3 Å². The van der Waals surface area contributed by atoms with Crippen LogP contribution < -0.4 is 10.9 Å². The van der Waals surface area contributed by atoms with Crippen molar-refractivity contribution in [1.82, 2.24) is 9.97 Å². The first-order valence-corrected chi connectivity index (χ1v) is 12.0. The van der Waals surface area contributed by atoms with Gasteiger partial charge in [0.15, 0.2) is 0 Å². The fourth-order valence-electron chi connectivity index (χ4n) is 4.21. The smallest absolute Gasteiger partial charge is 0.0902 e. The maximum Gasteiger partial charge on any atom is 0.0902 e. The Morgan fingerprint density at radius 1 is 0.826 bits per heavy atom. The average Bonchev–Trinajstić information content (AvgIpc) is 3.12. The molecule has 0 spiro atoms. The highest BCUT2D eigenvalue weighted by atomic mass is 31.1. The van der Waals surface area contributed by atoms with Crippen LogP contribution in [0, 0.1) is 0 Å². The molecule has 0 N–H and O–H groups in total. The van der Waals surface area contributed by atoms with Gasteiger partial charge in [-0.3, -0.25) is 0 Å². The summed E-state index contributed by atoms with van der Waals surface area (Å²) in [7, 11) is -0.256. The summed E-state index contributed by atoms with van der Waals surface area (Å²) in [5, 5.41) is 0. The van der Waals surface area contributed by atoms with E-state index in [0.29, 0.717) is 0 Å². The topological polar surface area (TPSA) is 25.8 Å². The molecule has 1 aromatic carbocycles. The molecule has 0 amide bonds. The van der Waals surface area contributed by atoms with Crippen LogP contribution in [0.1, 0.15) is 46.5 Å². The van der Waals surface area contributed by atoms with Crippen molar-refractivity contribution in [3.8, 4) is 0 Å². The minimum atomic E-state index is -0.149. The Kier molecular flexibility index (Phi) is 4.41. The second kappa shape index (κ2) is 6.38. The maximum absolute atomic E-state index is 5.22. The van der Waals surface area contributed by atoms with Gasteiger partial charge in [0.1, 0.15) is 0 Å². The van der Waals surface area contributed by atoms with Crippen molar-refractivity contribution < 1.29 is 0 Å². The third-order valence-corrected chi connectivity index (χ3v) is 11.9. The van der Waals surface area contributed by atoms with Gasteiger partial charge < -0.3 is 0 Å². The number of benzene rings is 1. The van der Waals surface area contributed by atoms with Gasteiger partial charge in [0.25, 0.3) is 0 Å². The fourth-order valence-corrected chi connectivity index (χ4v) is 10.6. The summed E-state index contributed by atoms with van der Waals surface area (Å²) >= 11 is 0. The van der Waals surface area contributed by atoms with Gasteiger partial charge in [-0.1, -0.05) is 32.9 Å². The van der Waals surface area contributed by atoms with Crippen LogP contribution in [-0.2, 0) is 0 Å². The Morgan fingerprint density at radius 3 is 2.00 bits per heavy atom. The number of nitrogens with zero attached hydrogens (tertiary/aromatic N) is 2. The summed E-state index contributed by atoms with van der Waals surface area (Å²) in [6.45, 7) is 7.33. The van der Waals surface area contributed by atoms with Crippen molar-refractivity contribution in [2.75, 3.05) is 6.16 Å². The molecule has 4 heteroatoms. The zero-order chi connectivity index (χ0) is 16.0. The minimum Gasteiger partial charge on any atom is -0.244 e. The first kappa shape index (κ1) is 15.9. The summed E-state index contributed by atoms with van der Waals surface area (Å²) in [4.78, 5) is 10.4. The lowest BCUT2D eigenvalue weighted by Crippen LogP contribution is -2.33. The third kappa shape index (κ3) is 2.83. The van der Waals surface area contributed by atoms with Crippen LogP contribution >= 0.6 is 15.8 Å². The van der Waals surface area contributed by atoms with Crippen LogP contribution in [0.4, 0.5) is 0 Å². The molecule has 2 saturated heterocycles. The van der Waals surface area contributed by atoms with Gasteiger partial charge in [-0.2, -0.15) is 0 Å². The molecule has 0 radical (unpaired) electrons. The predicted octanol–water partition coefficient (Wildman–Crippen LogP) is 4.60. The Labute approximate surface area is 142 Å². The van der Waals surface area contributed by atoms with Crippen LogP contribution in [0.3, 0.4) is 0 Å². The number of hydrogen-bond donors (Lipinski definition) is 0. The lowest BCUT2D eigenvalue weighted by Gasteiger charge is -2.26. The zero-order valence-corrected chi connectivity index (χ0v) is 16.2. The summed E-state index contributed by atoms with van der Waals surface area (Å²) in [6, 6.07) is 8.47. The predicted molar refractivity (Wildman–Crippen MR) is 104 cm³/mol. The molecule has 0 saturated carbocycles. The molecule has 23 heavy (non-hydrogen) atoms. The molecule has 2 aliphatic heterocycles. The summed E-state index contributed by atoms with van der Waals surface area (Å²) in [5.74, 6) is 0. The van der Waals surface area contributed by atoms with Gasteiger partial charge in [-0.25, -0.2) is 9.97 Å². The van der Waals surface area contributed by atoms with E-state index in [1.807, 2.05) is 0 Å². The Morgan fingerprint density at radius 2 is 1.43 bits per heavy atom. The molecule has 0 bridgehead atoms. The Bertz CT molecular complexity index is 708. The molecule has 2 fully saturated rings. The molecule has 2 nitrogen and oxygen atoms in total. The normalized spacial score (nSPS) is 32.0. The molecule has 2 aromatic rings. The van der Waals surface area contributed by atoms with Gasteiger partial charge in [-0.05, 0) is 76.8 Å². The number of rotatable bonds is 2. The fraction of sp³-hybridized carbons (Fsp3) is 0.579. The van der Waals surface area contributed by atoms with E-state index in [1.54, 1.807) is 0 Å². The van der Waals surface area contributed by atoms with Crippen molar-refractivity contribution in [2.45, 2.75) is 63.4 Å². The van der Waals surface area contributed by atoms with Crippen molar-refractivity contribution in [2.24, 2.45) is 0 Å². The van der Waals surface area contributed by atoms with Crippen LogP contribution in [0.5, 0.6) is 0 Å². The number of aromatic nitrogens is 2. The largest absolute Gasteiger partial charge is 0.244 e. The second-order valence-corrected chi connectivity index (χ2v) is 12.9. The molecular formula is C19H26N2P2. The van der Waals surface area contributed by atoms with E-state index >= 15 is 0 Å². The van der Waals surface area contributed by atoms with Gasteiger partial charge in [0, 0.05) is 0 Å².